The number of hydrogen-bond donors (Lipinski definition) is 1. The smallest absolute Gasteiger partial charge is 0.150 e. The van der Waals surface area contributed by atoms with E-state index in [0.29, 0.717) is 5.56 Å². The van der Waals surface area contributed by atoms with E-state index in [1.807, 2.05) is 31.2 Å². The third-order valence-corrected chi connectivity index (χ3v) is 2.23. The first-order valence-electron chi connectivity index (χ1n) is 5.03. The maximum Gasteiger partial charge on any atom is 0.150 e. The van der Waals surface area contributed by atoms with Gasteiger partial charge in [0, 0.05) is 28.8 Å². The summed E-state index contributed by atoms with van der Waals surface area (Å²) >= 11 is 0. The van der Waals surface area contributed by atoms with Crippen LogP contribution in [0.5, 0.6) is 0 Å². The molecule has 1 N–H and O–H groups in total. The van der Waals surface area contributed by atoms with Crippen molar-refractivity contribution in [2.75, 3.05) is 5.32 Å². The second-order valence-corrected chi connectivity index (χ2v) is 3.55. The van der Waals surface area contributed by atoms with Gasteiger partial charge in [0.1, 0.15) is 6.29 Å². The Balaban J connectivity index is 2.17. The SMILES string of the molecule is Cc1cc(Nc2ccc(C=O)cc2)ccn1. The van der Waals surface area contributed by atoms with E-state index in [0.717, 1.165) is 23.4 Å². The number of aryl methyl sites for hydroxylation is 1. The van der Waals surface area contributed by atoms with E-state index in [1.165, 1.54) is 0 Å². The number of nitrogens with one attached hydrogen (secondary N) is 1. The largest absolute Gasteiger partial charge is 0.355 e. The van der Waals surface area contributed by atoms with Gasteiger partial charge in [0.25, 0.3) is 0 Å². The average Bonchev–Trinajstić information content (AvgIpc) is 2.30. The molecule has 0 fully saturated rings. The topological polar surface area (TPSA) is 42.0 Å². The third-order valence-electron chi connectivity index (χ3n) is 2.23. The standard InChI is InChI=1S/C13H12N2O/c1-10-8-13(6-7-14-10)15-12-4-2-11(9-16)3-5-12/h2-9H,1H3,(H,14,15). The van der Waals surface area contributed by atoms with Gasteiger partial charge < -0.3 is 5.32 Å². The van der Waals surface area contributed by atoms with Gasteiger partial charge >= 0.3 is 0 Å². The Morgan fingerprint density at radius 2 is 1.88 bits per heavy atom. The van der Waals surface area contributed by atoms with Crippen molar-refractivity contribution in [2.24, 2.45) is 0 Å². The summed E-state index contributed by atoms with van der Waals surface area (Å²) in [6.07, 6.45) is 2.60. The number of benzene rings is 1. The maximum atomic E-state index is 10.5. The number of carbonyl (C=O) groups excluding carboxylic acids is 1. The van der Waals surface area contributed by atoms with Crippen LogP contribution in [0, 0.1) is 6.92 Å². The predicted molar refractivity (Wildman–Crippen MR) is 64.1 cm³/mol. The van der Waals surface area contributed by atoms with Crippen molar-refractivity contribution in [2.45, 2.75) is 6.92 Å². The number of pyridine rings is 1. The average molecular weight is 212 g/mol. The molecule has 2 aromatic rings. The molecule has 0 saturated carbocycles. The summed E-state index contributed by atoms with van der Waals surface area (Å²) in [6.45, 7) is 1.95. The number of carbonyl (C=O) groups is 1. The molecule has 0 radical (unpaired) electrons. The molecule has 1 aromatic heterocycles. The van der Waals surface area contributed by atoms with Crippen molar-refractivity contribution in [3.63, 3.8) is 0 Å². The zero-order chi connectivity index (χ0) is 11.4. The quantitative estimate of drug-likeness (QED) is 0.795. The van der Waals surface area contributed by atoms with Crippen LogP contribution in [-0.2, 0) is 0 Å². The van der Waals surface area contributed by atoms with Gasteiger partial charge in [0.15, 0.2) is 0 Å². The predicted octanol–water partition coefficient (Wildman–Crippen LogP) is 2.95. The van der Waals surface area contributed by atoms with Crippen LogP contribution in [0.2, 0.25) is 0 Å². The van der Waals surface area contributed by atoms with Crippen molar-refractivity contribution in [3.05, 3.63) is 53.9 Å². The Morgan fingerprint density at radius 3 is 2.50 bits per heavy atom. The molecular formula is C13H12N2O. The minimum atomic E-state index is 0.677. The first kappa shape index (κ1) is 10.4. The van der Waals surface area contributed by atoms with Gasteiger partial charge in [-0.25, -0.2) is 0 Å². The van der Waals surface area contributed by atoms with E-state index in [4.69, 9.17) is 0 Å². The van der Waals surface area contributed by atoms with Crippen molar-refractivity contribution in [1.82, 2.24) is 4.98 Å². The van der Waals surface area contributed by atoms with Gasteiger partial charge in [-0.2, -0.15) is 0 Å². The van der Waals surface area contributed by atoms with E-state index in [2.05, 4.69) is 10.3 Å². The van der Waals surface area contributed by atoms with Crippen LogP contribution in [0.25, 0.3) is 0 Å². The zero-order valence-corrected chi connectivity index (χ0v) is 8.97. The maximum absolute atomic E-state index is 10.5. The molecule has 0 spiro atoms. The molecular weight excluding hydrogens is 200 g/mol. The molecule has 1 aromatic carbocycles. The first-order valence-corrected chi connectivity index (χ1v) is 5.03. The van der Waals surface area contributed by atoms with Crippen molar-refractivity contribution in [3.8, 4) is 0 Å². The van der Waals surface area contributed by atoms with Crippen LogP contribution in [0.4, 0.5) is 11.4 Å². The molecule has 0 unspecified atom stereocenters. The van der Waals surface area contributed by atoms with Crippen molar-refractivity contribution in [1.29, 1.82) is 0 Å². The van der Waals surface area contributed by atoms with Crippen LogP contribution in [0.3, 0.4) is 0 Å². The van der Waals surface area contributed by atoms with Gasteiger partial charge in [0.2, 0.25) is 0 Å². The fourth-order valence-corrected chi connectivity index (χ4v) is 1.44. The lowest BCUT2D eigenvalue weighted by atomic mass is 10.2. The summed E-state index contributed by atoms with van der Waals surface area (Å²) < 4.78 is 0. The highest BCUT2D eigenvalue weighted by atomic mass is 16.1. The minimum absolute atomic E-state index is 0.677. The minimum Gasteiger partial charge on any atom is -0.355 e. The van der Waals surface area contributed by atoms with Crippen LogP contribution in [-0.4, -0.2) is 11.3 Å². The van der Waals surface area contributed by atoms with Gasteiger partial charge in [-0.05, 0) is 43.3 Å². The number of rotatable bonds is 3. The summed E-state index contributed by atoms with van der Waals surface area (Å²) in [5.74, 6) is 0. The molecule has 3 heteroatoms. The van der Waals surface area contributed by atoms with E-state index in [9.17, 15) is 4.79 Å². The Morgan fingerprint density at radius 1 is 1.12 bits per heavy atom. The molecule has 0 aliphatic heterocycles. The Labute approximate surface area is 94.1 Å². The number of aromatic nitrogens is 1. The zero-order valence-electron chi connectivity index (χ0n) is 8.97. The van der Waals surface area contributed by atoms with Crippen LogP contribution >= 0.6 is 0 Å². The fraction of sp³-hybridized carbons (Fsp3) is 0.0769. The summed E-state index contributed by atoms with van der Waals surface area (Å²) in [6, 6.07) is 11.2. The normalized spacial score (nSPS) is 9.81. The molecule has 0 aliphatic rings. The van der Waals surface area contributed by atoms with Crippen LogP contribution in [0.15, 0.2) is 42.6 Å². The molecule has 0 bridgehead atoms. The molecule has 16 heavy (non-hydrogen) atoms. The number of anilines is 2. The van der Waals surface area contributed by atoms with Gasteiger partial charge in [-0.1, -0.05) is 0 Å². The molecule has 0 amide bonds. The number of nitrogens with zero attached hydrogens (tertiary/aromatic N) is 1. The number of hydrogen-bond acceptors (Lipinski definition) is 3. The fourth-order valence-electron chi connectivity index (χ4n) is 1.44. The lowest BCUT2D eigenvalue weighted by Crippen LogP contribution is -1.92. The van der Waals surface area contributed by atoms with Crippen LogP contribution < -0.4 is 5.32 Å². The number of aldehydes is 1. The van der Waals surface area contributed by atoms with Crippen molar-refractivity contribution < 1.29 is 4.79 Å². The Bertz CT molecular complexity index is 492. The molecule has 1 heterocycles. The van der Waals surface area contributed by atoms with Gasteiger partial charge in [-0.15, -0.1) is 0 Å². The second-order valence-electron chi connectivity index (χ2n) is 3.55. The molecule has 0 saturated heterocycles. The summed E-state index contributed by atoms with van der Waals surface area (Å²) in [5, 5.41) is 3.24. The van der Waals surface area contributed by atoms with Crippen LogP contribution in [0.1, 0.15) is 16.1 Å². The van der Waals surface area contributed by atoms with Gasteiger partial charge in [0.05, 0.1) is 0 Å². The summed E-state index contributed by atoms with van der Waals surface area (Å²) in [5.41, 5.74) is 3.59. The lowest BCUT2D eigenvalue weighted by Gasteiger charge is -2.06. The monoisotopic (exact) mass is 212 g/mol. The van der Waals surface area contributed by atoms with Gasteiger partial charge in [-0.3, -0.25) is 9.78 Å². The van der Waals surface area contributed by atoms with E-state index in [1.54, 1.807) is 18.3 Å². The summed E-state index contributed by atoms with van der Waals surface area (Å²) in [7, 11) is 0. The van der Waals surface area contributed by atoms with E-state index >= 15 is 0 Å². The van der Waals surface area contributed by atoms with E-state index < -0.39 is 0 Å². The Hall–Kier alpha value is -2.16. The molecule has 80 valence electrons. The third kappa shape index (κ3) is 2.45. The van der Waals surface area contributed by atoms with Crippen molar-refractivity contribution >= 4 is 17.7 Å². The van der Waals surface area contributed by atoms with E-state index in [-0.39, 0.29) is 0 Å². The molecule has 2 rings (SSSR count). The molecule has 3 nitrogen and oxygen atoms in total. The molecule has 0 aliphatic carbocycles. The second kappa shape index (κ2) is 4.57. The highest BCUT2D eigenvalue weighted by molar-refractivity contribution is 5.76. The molecule has 0 atom stereocenters. The first-order chi connectivity index (χ1) is 7.78. The Kier molecular flexibility index (Phi) is 2.96. The highest BCUT2D eigenvalue weighted by Crippen LogP contribution is 2.16. The highest BCUT2D eigenvalue weighted by Gasteiger charge is 1.95. The summed E-state index contributed by atoms with van der Waals surface area (Å²) in [4.78, 5) is 14.6. The lowest BCUT2D eigenvalue weighted by molar-refractivity contribution is 0.112.